The van der Waals surface area contributed by atoms with Crippen LogP contribution in [0, 0.1) is 17.2 Å². The van der Waals surface area contributed by atoms with Gasteiger partial charge in [0.2, 0.25) is 5.91 Å². The molecule has 28 heavy (non-hydrogen) atoms. The standard InChI is InChI=1S/C19H27N7O2/c1-25(2)19(28)26-10-8-14-15(7-9-22-16(14)26)24-17(27)13-5-3-12(4-6-13)11-23-18(20)21/h7-10,12-13H,3-6,11H2,1-2H3,(H4,20,21,23)(H,22,24,27)/t12-,13-. The number of pyridine rings is 1. The molecule has 2 aromatic heterocycles. The second-order valence-electron chi connectivity index (χ2n) is 7.46. The molecule has 0 spiro atoms. The number of carbonyl (C=O) groups is 2. The van der Waals surface area contributed by atoms with Crippen LogP contribution in [0.4, 0.5) is 10.5 Å². The quantitative estimate of drug-likeness (QED) is 0.471. The number of amides is 2. The molecule has 150 valence electrons. The van der Waals surface area contributed by atoms with Crippen molar-refractivity contribution in [2.24, 2.45) is 17.6 Å². The number of hydrogen-bond donors (Lipinski definition) is 4. The van der Waals surface area contributed by atoms with Crippen molar-refractivity contribution in [3.8, 4) is 0 Å². The van der Waals surface area contributed by atoms with Crippen LogP contribution in [0.1, 0.15) is 25.7 Å². The van der Waals surface area contributed by atoms with E-state index >= 15 is 0 Å². The molecule has 0 unspecified atom stereocenters. The normalized spacial score (nSPS) is 19.2. The van der Waals surface area contributed by atoms with Crippen LogP contribution in [0.2, 0.25) is 0 Å². The third-order valence-corrected chi connectivity index (χ3v) is 5.23. The van der Waals surface area contributed by atoms with Gasteiger partial charge in [-0.2, -0.15) is 0 Å². The van der Waals surface area contributed by atoms with Gasteiger partial charge in [0.05, 0.1) is 5.69 Å². The van der Waals surface area contributed by atoms with E-state index < -0.39 is 0 Å². The highest BCUT2D eigenvalue weighted by atomic mass is 16.2. The molecule has 1 fully saturated rings. The van der Waals surface area contributed by atoms with Crippen molar-refractivity contribution in [2.45, 2.75) is 25.7 Å². The molecule has 1 aliphatic rings. The predicted molar refractivity (Wildman–Crippen MR) is 108 cm³/mol. The molecule has 1 saturated carbocycles. The molecular formula is C19H27N7O2. The van der Waals surface area contributed by atoms with E-state index in [4.69, 9.17) is 11.1 Å². The molecular weight excluding hydrogens is 358 g/mol. The number of guanidine groups is 1. The number of rotatable bonds is 4. The van der Waals surface area contributed by atoms with Gasteiger partial charge in [0, 0.05) is 44.3 Å². The fraction of sp³-hybridized carbons (Fsp3) is 0.474. The van der Waals surface area contributed by atoms with Crippen LogP contribution in [-0.4, -0.2) is 53.0 Å². The number of nitrogens with zero attached hydrogens (tertiary/aromatic N) is 3. The molecule has 9 heteroatoms. The zero-order chi connectivity index (χ0) is 20.3. The molecule has 0 radical (unpaired) electrons. The molecule has 0 saturated heterocycles. The van der Waals surface area contributed by atoms with Gasteiger partial charge in [-0.15, -0.1) is 0 Å². The Hall–Kier alpha value is -3.10. The summed E-state index contributed by atoms with van der Waals surface area (Å²) in [5, 5.41) is 13.8. The van der Waals surface area contributed by atoms with Gasteiger partial charge < -0.3 is 21.3 Å². The zero-order valence-electron chi connectivity index (χ0n) is 16.2. The lowest BCUT2D eigenvalue weighted by atomic mass is 9.81. The summed E-state index contributed by atoms with van der Waals surface area (Å²) in [6.07, 6.45) is 6.75. The number of nitrogens with one attached hydrogen (secondary N) is 3. The third kappa shape index (κ3) is 4.24. The van der Waals surface area contributed by atoms with Crippen molar-refractivity contribution in [3.63, 3.8) is 0 Å². The minimum Gasteiger partial charge on any atom is -0.370 e. The van der Waals surface area contributed by atoms with Crippen molar-refractivity contribution in [1.29, 1.82) is 5.41 Å². The Morgan fingerprint density at radius 3 is 2.64 bits per heavy atom. The fourth-order valence-electron chi connectivity index (χ4n) is 3.63. The van der Waals surface area contributed by atoms with E-state index in [0.717, 1.165) is 31.1 Å². The van der Waals surface area contributed by atoms with Gasteiger partial charge in [-0.05, 0) is 43.7 Å². The van der Waals surface area contributed by atoms with E-state index in [-0.39, 0.29) is 23.8 Å². The Morgan fingerprint density at radius 1 is 1.29 bits per heavy atom. The number of nitrogens with two attached hydrogens (primary N) is 1. The lowest BCUT2D eigenvalue weighted by Crippen LogP contribution is -2.36. The van der Waals surface area contributed by atoms with Crippen molar-refractivity contribution in [1.82, 2.24) is 19.8 Å². The van der Waals surface area contributed by atoms with Gasteiger partial charge in [0.25, 0.3) is 0 Å². The molecule has 2 amide bonds. The molecule has 2 aromatic rings. The minimum absolute atomic E-state index is 0.00263. The van der Waals surface area contributed by atoms with Crippen LogP contribution >= 0.6 is 0 Å². The molecule has 1 aliphatic carbocycles. The summed E-state index contributed by atoms with van der Waals surface area (Å²) in [6.45, 7) is 0.683. The summed E-state index contributed by atoms with van der Waals surface area (Å²) in [5.41, 5.74) is 6.52. The van der Waals surface area contributed by atoms with E-state index in [9.17, 15) is 9.59 Å². The van der Waals surface area contributed by atoms with Crippen LogP contribution < -0.4 is 16.4 Å². The van der Waals surface area contributed by atoms with Crippen LogP contribution in [0.3, 0.4) is 0 Å². The van der Waals surface area contributed by atoms with E-state index in [1.54, 1.807) is 38.6 Å². The first-order valence-electron chi connectivity index (χ1n) is 9.43. The average molecular weight is 385 g/mol. The summed E-state index contributed by atoms with van der Waals surface area (Å²) in [7, 11) is 3.37. The lowest BCUT2D eigenvalue weighted by Gasteiger charge is -2.28. The maximum atomic E-state index is 12.7. The van der Waals surface area contributed by atoms with Gasteiger partial charge in [0.15, 0.2) is 5.96 Å². The van der Waals surface area contributed by atoms with Crippen LogP contribution in [0.15, 0.2) is 24.5 Å². The third-order valence-electron chi connectivity index (χ3n) is 5.23. The predicted octanol–water partition coefficient (Wildman–Crippen LogP) is 1.79. The SMILES string of the molecule is CN(C)C(=O)n1ccc2c(NC(=O)[C@H]3CC[C@H](CNC(=N)N)CC3)ccnc21. The van der Waals surface area contributed by atoms with Gasteiger partial charge in [-0.25, -0.2) is 9.78 Å². The number of fused-ring (bicyclic) bond motifs is 1. The van der Waals surface area contributed by atoms with Crippen molar-refractivity contribution in [2.75, 3.05) is 26.0 Å². The molecule has 0 bridgehead atoms. The maximum Gasteiger partial charge on any atom is 0.329 e. The molecule has 0 aromatic carbocycles. The van der Waals surface area contributed by atoms with Gasteiger partial charge >= 0.3 is 6.03 Å². The van der Waals surface area contributed by atoms with E-state index in [1.165, 1.54) is 9.47 Å². The van der Waals surface area contributed by atoms with Crippen LogP contribution in [-0.2, 0) is 4.79 Å². The van der Waals surface area contributed by atoms with E-state index in [0.29, 0.717) is 23.8 Å². The smallest absolute Gasteiger partial charge is 0.329 e. The molecule has 2 heterocycles. The molecule has 0 atom stereocenters. The topological polar surface area (TPSA) is 129 Å². The summed E-state index contributed by atoms with van der Waals surface area (Å²) in [6, 6.07) is 3.36. The summed E-state index contributed by atoms with van der Waals surface area (Å²) >= 11 is 0. The number of aromatic nitrogens is 2. The summed E-state index contributed by atoms with van der Waals surface area (Å²) in [5.74, 6) is 0.382. The van der Waals surface area contributed by atoms with E-state index in [1.807, 2.05) is 0 Å². The fourth-order valence-corrected chi connectivity index (χ4v) is 3.63. The maximum absolute atomic E-state index is 12.7. The monoisotopic (exact) mass is 385 g/mol. The van der Waals surface area contributed by atoms with Gasteiger partial charge in [-0.1, -0.05) is 0 Å². The highest BCUT2D eigenvalue weighted by molar-refractivity contribution is 6.03. The van der Waals surface area contributed by atoms with Crippen molar-refractivity contribution in [3.05, 3.63) is 24.5 Å². The first kappa shape index (κ1) is 19.7. The number of carbonyl (C=O) groups excluding carboxylic acids is 2. The second-order valence-corrected chi connectivity index (χ2v) is 7.46. The second kappa shape index (κ2) is 8.28. The van der Waals surface area contributed by atoms with Crippen LogP contribution in [0.25, 0.3) is 11.0 Å². The lowest BCUT2D eigenvalue weighted by molar-refractivity contribution is -0.121. The largest absolute Gasteiger partial charge is 0.370 e. The van der Waals surface area contributed by atoms with Gasteiger partial charge in [-0.3, -0.25) is 14.8 Å². The molecule has 3 rings (SSSR count). The number of anilines is 1. The molecule has 5 N–H and O–H groups in total. The van der Waals surface area contributed by atoms with E-state index in [2.05, 4.69) is 15.6 Å². The Morgan fingerprint density at radius 2 is 2.00 bits per heavy atom. The van der Waals surface area contributed by atoms with Crippen LogP contribution in [0.5, 0.6) is 0 Å². The Balaban J connectivity index is 1.66. The Labute approximate surface area is 163 Å². The Bertz CT molecular complexity index is 882. The number of hydrogen-bond acceptors (Lipinski definition) is 4. The highest BCUT2D eigenvalue weighted by Crippen LogP contribution is 2.30. The first-order chi connectivity index (χ1) is 13.4. The Kier molecular flexibility index (Phi) is 5.81. The highest BCUT2D eigenvalue weighted by Gasteiger charge is 2.27. The average Bonchev–Trinajstić information content (AvgIpc) is 3.11. The van der Waals surface area contributed by atoms with Crippen molar-refractivity contribution >= 4 is 34.6 Å². The molecule has 0 aliphatic heterocycles. The van der Waals surface area contributed by atoms with Gasteiger partial charge in [0.1, 0.15) is 5.65 Å². The van der Waals surface area contributed by atoms with Crippen molar-refractivity contribution < 1.29 is 9.59 Å². The summed E-state index contributed by atoms with van der Waals surface area (Å²) in [4.78, 5) is 30.8. The molecule has 9 nitrogen and oxygen atoms in total. The zero-order valence-corrected chi connectivity index (χ0v) is 16.2. The minimum atomic E-state index is -0.191. The summed E-state index contributed by atoms with van der Waals surface area (Å²) < 4.78 is 1.47. The first-order valence-corrected chi connectivity index (χ1v) is 9.43.